The summed E-state index contributed by atoms with van der Waals surface area (Å²) in [6.45, 7) is 6.81. The van der Waals surface area contributed by atoms with E-state index in [9.17, 15) is 14.4 Å². The van der Waals surface area contributed by atoms with Crippen LogP contribution in [0.15, 0.2) is 54.6 Å². The zero-order valence-electron chi connectivity index (χ0n) is 19.5. The van der Waals surface area contributed by atoms with Crippen molar-refractivity contribution < 1.29 is 19.6 Å². The topological polar surface area (TPSA) is 120 Å². The smallest absolute Gasteiger partial charge is 0.319 e. The predicted octanol–water partition coefficient (Wildman–Crippen LogP) is 3.97. The van der Waals surface area contributed by atoms with E-state index in [1.807, 2.05) is 30.3 Å². The lowest BCUT2D eigenvalue weighted by Gasteiger charge is -2.20. The molecule has 0 saturated heterocycles. The van der Waals surface area contributed by atoms with Gasteiger partial charge in [-0.05, 0) is 54.5 Å². The molecule has 8 nitrogen and oxygen atoms in total. The Morgan fingerprint density at radius 3 is 2.21 bits per heavy atom. The van der Waals surface area contributed by atoms with Gasteiger partial charge >= 0.3 is 6.03 Å². The quantitative estimate of drug-likeness (QED) is 0.212. The number of amides is 4. The van der Waals surface area contributed by atoms with Gasteiger partial charge in [-0.25, -0.2) is 10.3 Å². The predicted molar refractivity (Wildman–Crippen MR) is 128 cm³/mol. The van der Waals surface area contributed by atoms with Crippen molar-refractivity contribution in [1.82, 2.24) is 16.1 Å². The maximum absolute atomic E-state index is 12.5. The number of hydrogen-bond donors (Lipinski definition) is 5. The van der Waals surface area contributed by atoms with Crippen LogP contribution in [0.4, 0.5) is 10.5 Å². The minimum absolute atomic E-state index is 0.0229. The molecule has 1 atom stereocenters. The highest BCUT2D eigenvalue weighted by Gasteiger charge is 2.16. The molecule has 33 heavy (non-hydrogen) atoms. The number of rotatable bonds is 10. The zero-order valence-corrected chi connectivity index (χ0v) is 19.5. The van der Waals surface area contributed by atoms with Gasteiger partial charge in [0.1, 0.15) is 0 Å². The van der Waals surface area contributed by atoms with Crippen molar-refractivity contribution in [2.75, 3.05) is 11.9 Å². The normalized spacial score (nSPS) is 11.9. The Morgan fingerprint density at radius 2 is 1.61 bits per heavy atom. The number of carbonyl (C=O) groups excluding carboxylic acids is 3. The van der Waals surface area contributed by atoms with Gasteiger partial charge in [-0.2, -0.15) is 0 Å². The van der Waals surface area contributed by atoms with Gasteiger partial charge in [-0.1, -0.05) is 51.1 Å². The minimum Gasteiger partial charge on any atom is -0.352 e. The number of benzene rings is 2. The van der Waals surface area contributed by atoms with Gasteiger partial charge < -0.3 is 16.0 Å². The van der Waals surface area contributed by atoms with Crippen molar-refractivity contribution in [2.45, 2.75) is 57.9 Å². The van der Waals surface area contributed by atoms with Gasteiger partial charge in [0.25, 0.3) is 5.91 Å². The zero-order chi connectivity index (χ0) is 24.3. The molecule has 0 aliphatic carbocycles. The SMILES string of the molecule is CC(C)(C)c1ccc(NC(=O)NC(CCCNC(=O)c2ccccc2)CCC(=O)NO)cc1. The first-order chi connectivity index (χ1) is 15.7. The van der Waals surface area contributed by atoms with Crippen LogP contribution in [0.5, 0.6) is 0 Å². The number of anilines is 1. The van der Waals surface area contributed by atoms with Crippen molar-refractivity contribution in [3.63, 3.8) is 0 Å². The van der Waals surface area contributed by atoms with E-state index in [2.05, 4.69) is 36.7 Å². The van der Waals surface area contributed by atoms with E-state index in [1.165, 1.54) is 5.56 Å². The van der Waals surface area contributed by atoms with Gasteiger partial charge in [-0.15, -0.1) is 0 Å². The van der Waals surface area contributed by atoms with E-state index >= 15 is 0 Å². The molecule has 178 valence electrons. The molecule has 0 heterocycles. The van der Waals surface area contributed by atoms with Crippen molar-refractivity contribution in [1.29, 1.82) is 0 Å². The average molecular weight is 455 g/mol. The fourth-order valence-electron chi connectivity index (χ4n) is 3.30. The van der Waals surface area contributed by atoms with E-state index in [1.54, 1.807) is 29.7 Å². The van der Waals surface area contributed by atoms with Crippen LogP contribution in [-0.2, 0) is 10.2 Å². The molecule has 0 aromatic heterocycles. The Kier molecular flexibility index (Phi) is 9.87. The third kappa shape index (κ3) is 9.33. The molecule has 8 heteroatoms. The standard InChI is InChI=1S/C25H34N4O4/c1-25(2,3)19-11-13-21(14-12-19)28-24(32)27-20(15-16-22(30)29-33)10-7-17-26-23(31)18-8-5-4-6-9-18/h4-6,8-9,11-14,20,33H,7,10,15-17H2,1-3H3,(H,26,31)(H,29,30)(H2,27,28,32). The van der Waals surface area contributed by atoms with Crippen molar-refractivity contribution in [3.8, 4) is 0 Å². The highest BCUT2D eigenvalue weighted by atomic mass is 16.5. The maximum atomic E-state index is 12.5. The highest BCUT2D eigenvalue weighted by Crippen LogP contribution is 2.23. The molecule has 2 aromatic carbocycles. The Morgan fingerprint density at radius 1 is 0.939 bits per heavy atom. The van der Waals surface area contributed by atoms with E-state index in [0.29, 0.717) is 37.1 Å². The van der Waals surface area contributed by atoms with Crippen LogP contribution in [0.25, 0.3) is 0 Å². The second kappa shape index (κ2) is 12.6. The summed E-state index contributed by atoms with van der Waals surface area (Å²) in [4.78, 5) is 36.1. The fraction of sp³-hybridized carbons (Fsp3) is 0.400. The summed E-state index contributed by atoms with van der Waals surface area (Å²) in [5, 5.41) is 17.3. The molecular weight excluding hydrogens is 420 g/mol. The Balaban J connectivity index is 1.86. The lowest BCUT2D eigenvalue weighted by molar-refractivity contribution is -0.129. The summed E-state index contributed by atoms with van der Waals surface area (Å²) < 4.78 is 0. The third-order valence-corrected chi connectivity index (χ3v) is 5.24. The number of urea groups is 1. The lowest BCUT2D eigenvalue weighted by Crippen LogP contribution is -2.39. The largest absolute Gasteiger partial charge is 0.352 e. The summed E-state index contributed by atoms with van der Waals surface area (Å²) in [6, 6.07) is 15.9. The molecular formula is C25H34N4O4. The van der Waals surface area contributed by atoms with Gasteiger partial charge in [0, 0.05) is 30.3 Å². The molecule has 5 N–H and O–H groups in total. The molecule has 0 aliphatic rings. The number of hydroxylamine groups is 1. The van der Waals surface area contributed by atoms with E-state index in [-0.39, 0.29) is 29.8 Å². The summed E-state index contributed by atoms with van der Waals surface area (Å²) in [7, 11) is 0. The number of hydrogen-bond acceptors (Lipinski definition) is 4. The minimum atomic E-state index is -0.516. The Labute approximate surface area is 195 Å². The molecule has 0 aliphatic heterocycles. The monoisotopic (exact) mass is 454 g/mol. The summed E-state index contributed by atoms with van der Waals surface area (Å²) in [6.07, 6.45) is 1.60. The molecule has 0 bridgehead atoms. The molecule has 4 amide bonds. The van der Waals surface area contributed by atoms with Gasteiger partial charge in [0.15, 0.2) is 0 Å². The average Bonchev–Trinajstić information content (AvgIpc) is 2.79. The van der Waals surface area contributed by atoms with Gasteiger partial charge in [0.05, 0.1) is 0 Å². The number of nitrogens with one attached hydrogen (secondary N) is 4. The summed E-state index contributed by atoms with van der Waals surface area (Å²) >= 11 is 0. The van der Waals surface area contributed by atoms with E-state index < -0.39 is 5.91 Å². The van der Waals surface area contributed by atoms with E-state index in [0.717, 1.165) is 0 Å². The third-order valence-electron chi connectivity index (χ3n) is 5.24. The second-order valence-corrected chi connectivity index (χ2v) is 8.96. The first kappa shape index (κ1) is 25.9. The lowest BCUT2D eigenvalue weighted by atomic mass is 9.87. The molecule has 0 fully saturated rings. The second-order valence-electron chi connectivity index (χ2n) is 8.96. The van der Waals surface area contributed by atoms with Crippen LogP contribution in [0.2, 0.25) is 0 Å². The molecule has 0 radical (unpaired) electrons. The fourth-order valence-corrected chi connectivity index (χ4v) is 3.30. The first-order valence-electron chi connectivity index (χ1n) is 11.1. The molecule has 1 unspecified atom stereocenters. The maximum Gasteiger partial charge on any atom is 0.319 e. The molecule has 2 rings (SSSR count). The number of carbonyl (C=O) groups is 3. The summed E-state index contributed by atoms with van der Waals surface area (Å²) in [5.41, 5.74) is 4.05. The molecule has 0 saturated carbocycles. The van der Waals surface area contributed by atoms with Crippen molar-refractivity contribution >= 4 is 23.5 Å². The molecule has 2 aromatic rings. The van der Waals surface area contributed by atoms with Crippen LogP contribution in [-0.4, -0.2) is 35.6 Å². The summed E-state index contributed by atoms with van der Waals surface area (Å²) in [5.74, 6) is -0.673. The van der Waals surface area contributed by atoms with Gasteiger partial charge in [0.2, 0.25) is 5.91 Å². The van der Waals surface area contributed by atoms with E-state index in [4.69, 9.17) is 5.21 Å². The van der Waals surface area contributed by atoms with Crippen LogP contribution in [0, 0.1) is 0 Å². The molecule has 0 spiro atoms. The van der Waals surface area contributed by atoms with Gasteiger partial charge in [-0.3, -0.25) is 14.8 Å². The Bertz CT molecular complexity index is 908. The van der Waals surface area contributed by atoms with Crippen LogP contribution < -0.4 is 21.4 Å². The first-order valence-corrected chi connectivity index (χ1v) is 11.1. The van der Waals surface area contributed by atoms with Crippen LogP contribution in [0.1, 0.15) is 62.4 Å². The van der Waals surface area contributed by atoms with Crippen molar-refractivity contribution in [3.05, 3.63) is 65.7 Å². The van der Waals surface area contributed by atoms with Crippen molar-refractivity contribution in [2.24, 2.45) is 0 Å². The van der Waals surface area contributed by atoms with Crippen LogP contribution in [0.3, 0.4) is 0 Å². The Hall–Kier alpha value is -3.39. The van der Waals surface area contributed by atoms with Crippen LogP contribution >= 0.6 is 0 Å². The highest BCUT2D eigenvalue weighted by molar-refractivity contribution is 5.94.